The average Bonchev–Trinajstić information content (AvgIpc) is 3.54. The van der Waals surface area contributed by atoms with Gasteiger partial charge in [0.15, 0.2) is 17.5 Å². The summed E-state index contributed by atoms with van der Waals surface area (Å²) in [6, 6.07) is 11.3. The van der Waals surface area contributed by atoms with Crippen LogP contribution in [0.2, 0.25) is 0 Å². The highest BCUT2D eigenvalue weighted by Crippen LogP contribution is 2.26. The van der Waals surface area contributed by atoms with Gasteiger partial charge in [0.25, 0.3) is 0 Å². The average molecular weight is 535 g/mol. The van der Waals surface area contributed by atoms with Gasteiger partial charge in [-0.2, -0.15) is 5.10 Å². The van der Waals surface area contributed by atoms with Gasteiger partial charge in [-0.1, -0.05) is 6.07 Å². The highest BCUT2D eigenvalue weighted by Gasteiger charge is 2.19. The molecule has 0 unspecified atom stereocenters. The Kier molecular flexibility index (Phi) is 8.26. The van der Waals surface area contributed by atoms with E-state index in [1.807, 2.05) is 18.2 Å². The molecule has 3 heterocycles. The molecule has 1 amide bonds. The molecular weight excluding hydrogens is 504 g/mol. The van der Waals surface area contributed by atoms with E-state index in [9.17, 15) is 13.6 Å². The molecule has 5 rings (SSSR count). The summed E-state index contributed by atoms with van der Waals surface area (Å²) in [6.07, 6.45) is 5.81. The van der Waals surface area contributed by atoms with Crippen LogP contribution >= 0.6 is 0 Å². The Morgan fingerprint density at radius 3 is 2.92 bits per heavy atom. The highest BCUT2D eigenvalue weighted by molar-refractivity contribution is 5.93. The standard InChI is InChI=1S/C28H30F2N7O2/c1-18-6-5-12-37(18)11-2-3-13-39-20-9-10-21-24(16-20)31-17-32-28(21)34-25-14-19(35-36-25)15-26(38)33-23-8-4-7-22(29)27(23)30/h4,7-10,14,16-18H,1-3,5-6,11-13,15H2,(H,33,38)(H2,31,32,34,35,36)/t18-/m1/s1. The van der Waals surface area contributed by atoms with Gasteiger partial charge in [0, 0.05) is 29.3 Å². The molecule has 1 saturated heterocycles. The van der Waals surface area contributed by atoms with E-state index in [0.29, 0.717) is 35.5 Å². The minimum absolute atomic E-state index is 0.107. The van der Waals surface area contributed by atoms with Crippen LogP contribution in [-0.4, -0.2) is 56.7 Å². The maximum atomic E-state index is 13.8. The van der Waals surface area contributed by atoms with Crippen molar-refractivity contribution in [2.75, 3.05) is 30.3 Å². The number of fused-ring (bicyclic) bond motifs is 1. The van der Waals surface area contributed by atoms with Crippen molar-refractivity contribution in [1.29, 1.82) is 0 Å². The first-order valence-corrected chi connectivity index (χ1v) is 13.0. The Morgan fingerprint density at radius 1 is 1.18 bits per heavy atom. The topological polar surface area (TPSA) is 108 Å². The number of halogens is 2. The SMILES string of the molecule is [CH2][C@@H]1CCCN1CCCCOc1ccc2c(Nc3cc(CC(=O)Nc4cccc(F)c4F)[nH]n3)ncnc2c1. The lowest BCUT2D eigenvalue weighted by Crippen LogP contribution is -2.28. The van der Waals surface area contributed by atoms with Crippen molar-refractivity contribution in [2.45, 2.75) is 38.1 Å². The van der Waals surface area contributed by atoms with E-state index in [2.05, 4.69) is 42.6 Å². The minimum atomic E-state index is -1.10. The van der Waals surface area contributed by atoms with Crippen LogP contribution in [-0.2, 0) is 11.2 Å². The van der Waals surface area contributed by atoms with Crippen LogP contribution in [0.5, 0.6) is 5.75 Å². The lowest BCUT2D eigenvalue weighted by atomic mass is 10.2. The third kappa shape index (κ3) is 6.66. The molecule has 203 valence electrons. The molecule has 0 aliphatic carbocycles. The van der Waals surface area contributed by atoms with E-state index in [1.54, 1.807) is 6.07 Å². The van der Waals surface area contributed by atoms with Crippen LogP contribution in [0.3, 0.4) is 0 Å². The van der Waals surface area contributed by atoms with Crippen molar-refractivity contribution in [2.24, 2.45) is 0 Å². The second-order valence-electron chi connectivity index (χ2n) is 9.52. The zero-order valence-corrected chi connectivity index (χ0v) is 21.4. The molecule has 11 heteroatoms. The van der Waals surface area contributed by atoms with Gasteiger partial charge in [0.2, 0.25) is 5.91 Å². The lowest BCUT2D eigenvalue weighted by molar-refractivity contribution is -0.115. The number of nitrogens with zero attached hydrogens (tertiary/aromatic N) is 4. The van der Waals surface area contributed by atoms with E-state index < -0.39 is 17.5 Å². The highest BCUT2D eigenvalue weighted by atomic mass is 19.2. The number of H-pyrrole nitrogens is 1. The molecule has 1 atom stereocenters. The van der Waals surface area contributed by atoms with Crippen LogP contribution < -0.4 is 15.4 Å². The van der Waals surface area contributed by atoms with E-state index in [-0.39, 0.29) is 12.1 Å². The number of hydrogen-bond acceptors (Lipinski definition) is 7. The zero-order chi connectivity index (χ0) is 27.2. The van der Waals surface area contributed by atoms with Gasteiger partial charge in [0.1, 0.15) is 17.9 Å². The molecule has 3 N–H and O–H groups in total. The summed E-state index contributed by atoms with van der Waals surface area (Å²) in [4.78, 5) is 23.4. The molecule has 1 radical (unpaired) electrons. The molecule has 0 spiro atoms. The third-order valence-electron chi connectivity index (χ3n) is 6.67. The van der Waals surface area contributed by atoms with Crippen LogP contribution in [0.4, 0.5) is 26.1 Å². The Hall–Kier alpha value is -4.12. The molecule has 1 aliphatic rings. The van der Waals surface area contributed by atoms with Gasteiger partial charge in [-0.25, -0.2) is 18.7 Å². The van der Waals surface area contributed by atoms with Crippen molar-refractivity contribution in [3.63, 3.8) is 0 Å². The van der Waals surface area contributed by atoms with Gasteiger partial charge in [-0.3, -0.25) is 9.89 Å². The van der Waals surface area contributed by atoms with Crippen LogP contribution in [0.15, 0.2) is 48.8 Å². The monoisotopic (exact) mass is 534 g/mol. The first kappa shape index (κ1) is 26.5. The fourth-order valence-electron chi connectivity index (χ4n) is 4.63. The zero-order valence-electron chi connectivity index (χ0n) is 21.4. The van der Waals surface area contributed by atoms with Crippen molar-refractivity contribution in [3.05, 3.63) is 73.0 Å². The molecule has 9 nitrogen and oxygen atoms in total. The number of unbranched alkanes of at least 4 members (excludes halogenated alkanes) is 1. The smallest absolute Gasteiger partial charge is 0.230 e. The summed E-state index contributed by atoms with van der Waals surface area (Å²) in [6.45, 7) is 7.02. The van der Waals surface area contributed by atoms with E-state index in [1.165, 1.54) is 31.3 Å². The van der Waals surface area contributed by atoms with E-state index in [0.717, 1.165) is 43.1 Å². The van der Waals surface area contributed by atoms with Crippen molar-refractivity contribution in [1.82, 2.24) is 25.1 Å². The van der Waals surface area contributed by atoms with Crippen molar-refractivity contribution >= 4 is 34.1 Å². The molecular formula is C28H30F2N7O2. The van der Waals surface area contributed by atoms with Gasteiger partial charge in [-0.15, -0.1) is 0 Å². The molecule has 0 bridgehead atoms. The number of carbonyl (C=O) groups excluding carboxylic acids is 1. The number of aromatic amines is 1. The third-order valence-corrected chi connectivity index (χ3v) is 6.67. The van der Waals surface area contributed by atoms with Crippen molar-refractivity contribution in [3.8, 4) is 5.75 Å². The fourth-order valence-corrected chi connectivity index (χ4v) is 4.63. The molecule has 1 fully saturated rings. The second kappa shape index (κ2) is 12.2. The molecule has 2 aromatic heterocycles. The lowest BCUT2D eigenvalue weighted by Gasteiger charge is -2.20. The summed E-state index contributed by atoms with van der Waals surface area (Å²) in [5.41, 5.74) is 0.980. The minimum Gasteiger partial charge on any atom is -0.494 e. The first-order chi connectivity index (χ1) is 19.0. The van der Waals surface area contributed by atoms with Gasteiger partial charge >= 0.3 is 0 Å². The quantitative estimate of drug-likeness (QED) is 0.232. The molecule has 4 aromatic rings. The number of aromatic nitrogens is 4. The number of carbonyl (C=O) groups is 1. The Bertz CT molecular complexity index is 1440. The molecule has 0 saturated carbocycles. The Morgan fingerprint density at radius 2 is 2.08 bits per heavy atom. The molecule has 1 aliphatic heterocycles. The predicted molar refractivity (Wildman–Crippen MR) is 145 cm³/mol. The summed E-state index contributed by atoms with van der Waals surface area (Å²) < 4.78 is 33.1. The number of rotatable bonds is 11. The normalized spacial score (nSPS) is 15.5. The number of anilines is 3. The Labute approximate surface area is 225 Å². The number of amides is 1. The summed E-state index contributed by atoms with van der Waals surface area (Å²) >= 11 is 0. The van der Waals surface area contributed by atoms with E-state index in [4.69, 9.17) is 4.74 Å². The van der Waals surface area contributed by atoms with Gasteiger partial charge in [-0.05, 0) is 70.0 Å². The summed E-state index contributed by atoms with van der Waals surface area (Å²) in [5, 5.41) is 13.2. The summed E-state index contributed by atoms with van der Waals surface area (Å²) in [7, 11) is 0. The van der Waals surface area contributed by atoms with Crippen LogP contribution in [0, 0.1) is 18.6 Å². The first-order valence-electron chi connectivity index (χ1n) is 13.0. The number of hydrogen-bond donors (Lipinski definition) is 3. The van der Waals surface area contributed by atoms with Crippen LogP contribution in [0.25, 0.3) is 10.9 Å². The number of benzene rings is 2. The molecule has 2 aromatic carbocycles. The summed E-state index contributed by atoms with van der Waals surface area (Å²) in [5.74, 6) is -0.922. The predicted octanol–water partition coefficient (Wildman–Crippen LogP) is 5.01. The number of nitrogens with one attached hydrogen (secondary N) is 3. The molecule has 39 heavy (non-hydrogen) atoms. The van der Waals surface area contributed by atoms with Crippen LogP contribution in [0.1, 0.15) is 31.4 Å². The maximum absolute atomic E-state index is 13.8. The number of ether oxygens (including phenoxy) is 1. The van der Waals surface area contributed by atoms with Gasteiger partial charge < -0.3 is 20.3 Å². The fraction of sp³-hybridized carbons (Fsp3) is 0.321. The largest absolute Gasteiger partial charge is 0.494 e. The Balaban J connectivity index is 1.15. The maximum Gasteiger partial charge on any atom is 0.230 e. The second-order valence-corrected chi connectivity index (χ2v) is 9.52. The van der Waals surface area contributed by atoms with E-state index >= 15 is 0 Å². The number of likely N-dealkylation sites (tertiary alicyclic amines) is 1. The van der Waals surface area contributed by atoms with Gasteiger partial charge in [0.05, 0.1) is 24.2 Å². The van der Waals surface area contributed by atoms with Crippen molar-refractivity contribution < 1.29 is 18.3 Å².